The zero-order valence-electron chi connectivity index (χ0n) is 9.03. The first kappa shape index (κ1) is 10.1. The predicted octanol–water partition coefficient (Wildman–Crippen LogP) is 3.24. The Hall–Kier alpha value is -1.44. The van der Waals surface area contributed by atoms with Gasteiger partial charge in [0.05, 0.1) is 13.7 Å². The molecule has 0 atom stereocenters. The quantitative estimate of drug-likeness (QED) is 0.736. The Labute approximate surface area is 90.5 Å². The van der Waals surface area contributed by atoms with Crippen molar-refractivity contribution in [1.29, 1.82) is 0 Å². The molecule has 2 nitrogen and oxygen atoms in total. The normalized spacial score (nSPS) is 16.2. The third kappa shape index (κ3) is 2.52. The van der Waals surface area contributed by atoms with Crippen molar-refractivity contribution in [3.8, 4) is 5.75 Å². The molecular formula is C13H16O2. The van der Waals surface area contributed by atoms with Crippen molar-refractivity contribution in [2.45, 2.75) is 19.3 Å². The molecule has 0 amide bonds. The SMILES string of the molecule is COc1ccc(C2=CCCCCO2)cc1. The second-order valence-electron chi connectivity index (χ2n) is 3.64. The summed E-state index contributed by atoms with van der Waals surface area (Å²) in [6, 6.07) is 8.00. The van der Waals surface area contributed by atoms with Gasteiger partial charge in [-0.15, -0.1) is 0 Å². The monoisotopic (exact) mass is 204 g/mol. The predicted molar refractivity (Wildman–Crippen MR) is 60.8 cm³/mol. The summed E-state index contributed by atoms with van der Waals surface area (Å²) < 4.78 is 10.8. The topological polar surface area (TPSA) is 18.5 Å². The standard InChI is InChI=1S/C13H16O2/c1-14-12-8-6-11(7-9-12)13-5-3-2-4-10-15-13/h5-9H,2-4,10H2,1H3. The van der Waals surface area contributed by atoms with E-state index >= 15 is 0 Å². The average molecular weight is 204 g/mol. The summed E-state index contributed by atoms with van der Waals surface area (Å²) in [5.74, 6) is 1.89. The van der Waals surface area contributed by atoms with E-state index in [4.69, 9.17) is 9.47 Å². The van der Waals surface area contributed by atoms with Crippen LogP contribution < -0.4 is 4.74 Å². The summed E-state index contributed by atoms with van der Waals surface area (Å²) in [4.78, 5) is 0. The van der Waals surface area contributed by atoms with Gasteiger partial charge >= 0.3 is 0 Å². The fraction of sp³-hybridized carbons (Fsp3) is 0.385. The summed E-state index contributed by atoms with van der Waals surface area (Å²) in [6.07, 6.45) is 5.66. The maximum atomic E-state index is 5.68. The first-order valence-electron chi connectivity index (χ1n) is 5.37. The summed E-state index contributed by atoms with van der Waals surface area (Å²) >= 11 is 0. The van der Waals surface area contributed by atoms with Crippen LogP contribution in [0.3, 0.4) is 0 Å². The second kappa shape index (κ2) is 4.87. The number of methoxy groups -OCH3 is 1. The van der Waals surface area contributed by atoms with E-state index in [1.54, 1.807) is 7.11 Å². The Morgan fingerprint density at radius 2 is 1.93 bits per heavy atom. The van der Waals surface area contributed by atoms with Gasteiger partial charge < -0.3 is 9.47 Å². The zero-order chi connectivity index (χ0) is 10.5. The van der Waals surface area contributed by atoms with Gasteiger partial charge in [0.2, 0.25) is 0 Å². The van der Waals surface area contributed by atoms with Gasteiger partial charge in [-0.3, -0.25) is 0 Å². The number of allylic oxidation sites excluding steroid dienone is 1. The van der Waals surface area contributed by atoms with E-state index in [-0.39, 0.29) is 0 Å². The smallest absolute Gasteiger partial charge is 0.122 e. The number of rotatable bonds is 2. The Balaban J connectivity index is 2.16. The fourth-order valence-corrected chi connectivity index (χ4v) is 1.68. The summed E-state index contributed by atoms with van der Waals surface area (Å²) in [7, 11) is 1.68. The van der Waals surface area contributed by atoms with Gasteiger partial charge in [-0.1, -0.05) is 0 Å². The van der Waals surface area contributed by atoms with Gasteiger partial charge in [-0.05, 0) is 49.6 Å². The second-order valence-corrected chi connectivity index (χ2v) is 3.64. The molecule has 0 N–H and O–H groups in total. The van der Waals surface area contributed by atoms with Gasteiger partial charge in [0.25, 0.3) is 0 Å². The van der Waals surface area contributed by atoms with Gasteiger partial charge in [-0.25, -0.2) is 0 Å². The summed E-state index contributed by atoms with van der Waals surface area (Å²) in [6.45, 7) is 0.831. The van der Waals surface area contributed by atoms with Crippen molar-refractivity contribution in [1.82, 2.24) is 0 Å². The molecule has 0 unspecified atom stereocenters. The average Bonchev–Trinajstić information content (AvgIpc) is 2.58. The highest BCUT2D eigenvalue weighted by molar-refractivity contribution is 5.60. The molecule has 0 saturated heterocycles. The highest BCUT2D eigenvalue weighted by Gasteiger charge is 2.05. The molecular weight excluding hydrogens is 188 g/mol. The molecule has 0 radical (unpaired) electrons. The van der Waals surface area contributed by atoms with E-state index in [0.29, 0.717) is 0 Å². The Morgan fingerprint density at radius 3 is 2.67 bits per heavy atom. The molecule has 1 aliphatic rings. The number of benzene rings is 1. The molecule has 0 fully saturated rings. The maximum Gasteiger partial charge on any atom is 0.122 e. The first-order chi connectivity index (χ1) is 7.40. The Bertz CT molecular complexity index is 338. The van der Waals surface area contributed by atoms with E-state index in [2.05, 4.69) is 6.08 Å². The van der Waals surface area contributed by atoms with Crippen LogP contribution >= 0.6 is 0 Å². The van der Waals surface area contributed by atoms with Gasteiger partial charge in [0.15, 0.2) is 0 Å². The van der Waals surface area contributed by atoms with Gasteiger partial charge in [0, 0.05) is 5.56 Å². The number of ether oxygens (including phenoxy) is 2. The lowest BCUT2D eigenvalue weighted by Crippen LogP contribution is -1.92. The lowest BCUT2D eigenvalue weighted by atomic mass is 10.1. The number of hydrogen-bond acceptors (Lipinski definition) is 2. The summed E-state index contributed by atoms with van der Waals surface area (Å²) in [5, 5.41) is 0. The van der Waals surface area contributed by atoms with E-state index in [9.17, 15) is 0 Å². The molecule has 0 saturated carbocycles. The molecule has 2 heteroatoms. The van der Waals surface area contributed by atoms with Gasteiger partial charge in [0.1, 0.15) is 11.5 Å². The molecule has 1 heterocycles. The van der Waals surface area contributed by atoms with Crippen molar-refractivity contribution in [3.63, 3.8) is 0 Å². The molecule has 80 valence electrons. The lowest BCUT2D eigenvalue weighted by molar-refractivity contribution is 0.275. The molecule has 0 aromatic heterocycles. The Morgan fingerprint density at radius 1 is 1.13 bits per heavy atom. The third-order valence-corrected chi connectivity index (χ3v) is 2.56. The molecule has 1 aliphatic heterocycles. The van der Waals surface area contributed by atoms with E-state index in [0.717, 1.165) is 36.5 Å². The Kier molecular flexibility index (Phi) is 3.28. The van der Waals surface area contributed by atoms with Crippen LogP contribution in [0.5, 0.6) is 5.75 Å². The fourth-order valence-electron chi connectivity index (χ4n) is 1.68. The lowest BCUT2D eigenvalue weighted by Gasteiger charge is -2.08. The van der Waals surface area contributed by atoms with Gasteiger partial charge in [-0.2, -0.15) is 0 Å². The van der Waals surface area contributed by atoms with Crippen LogP contribution in [0.1, 0.15) is 24.8 Å². The molecule has 1 aromatic carbocycles. The van der Waals surface area contributed by atoms with Crippen LogP contribution in [0.25, 0.3) is 5.76 Å². The minimum atomic E-state index is 0.831. The van der Waals surface area contributed by atoms with E-state index < -0.39 is 0 Å². The highest BCUT2D eigenvalue weighted by Crippen LogP contribution is 2.22. The van der Waals surface area contributed by atoms with E-state index in [1.165, 1.54) is 6.42 Å². The largest absolute Gasteiger partial charge is 0.497 e. The van der Waals surface area contributed by atoms with E-state index in [1.807, 2.05) is 24.3 Å². The van der Waals surface area contributed by atoms with Crippen LogP contribution in [0.15, 0.2) is 30.3 Å². The maximum absolute atomic E-state index is 5.68. The summed E-state index contributed by atoms with van der Waals surface area (Å²) in [5.41, 5.74) is 1.14. The van der Waals surface area contributed by atoms with Crippen molar-refractivity contribution in [2.75, 3.05) is 13.7 Å². The molecule has 2 rings (SSSR count). The first-order valence-corrected chi connectivity index (χ1v) is 5.37. The van der Waals surface area contributed by atoms with Crippen molar-refractivity contribution < 1.29 is 9.47 Å². The highest BCUT2D eigenvalue weighted by atomic mass is 16.5. The minimum Gasteiger partial charge on any atom is -0.497 e. The van der Waals surface area contributed by atoms with Crippen LogP contribution in [-0.4, -0.2) is 13.7 Å². The van der Waals surface area contributed by atoms with Crippen LogP contribution in [-0.2, 0) is 4.74 Å². The van der Waals surface area contributed by atoms with Crippen molar-refractivity contribution in [2.24, 2.45) is 0 Å². The van der Waals surface area contributed by atoms with Crippen LogP contribution in [0.4, 0.5) is 0 Å². The van der Waals surface area contributed by atoms with Crippen LogP contribution in [0.2, 0.25) is 0 Å². The van der Waals surface area contributed by atoms with Crippen molar-refractivity contribution in [3.05, 3.63) is 35.9 Å². The van der Waals surface area contributed by atoms with Crippen molar-refractivity contribution >= 4 is 5.76 Å². The van der Waals surface area contributed by atoms with Crippen LogP contribution in [0, 0.1) is 0 Å². The third-order valence-electron chi connectivity index (χ3n) is 2.56. The molecule has 1 aromatic rings. The molecule has 0 bridgehead atoms. The minimum absolute atomic E-state index is 0.831. The molecule has 0 spiro atoms. The number of hydrogen-bond donors (Lipinski definition) is 0. The zero-order valence-corrected chi connectivity index (χ0v) is 9.03. The molecule has 0 aliphatic carbocycles. The molecule has 15 heavy (non-hydrogen) atoms.